The summed E-state index contributed by atoms with van der Waals surface area (Å²) < 4.78 is 0. The molecular formula is C30H43N. The van der Waals surface area contributed by atoms with Gasteiger partial charge in [0.25, 0.3) is 0 Å². The highest BCUT2D eigenvalue weighted by atomic mass is 14.7. The van der Waals surface area contributed by atoms with E-state index in [1.54, 1.807) is 11.1 Å². The van der Waals surface area contributed by atoms with E-state index < -0.39 is 0 Å². The Morgan fingerprint density at radius 2 is 1.87 bits per heavy atom. The summed E-state index contributed by atoms with van der Waals surface area (Å²) in [5.74, 6) is 4.47. The van der Waals surface area contributed by atoms with Crippen LogP contribution in [0.1, 0.15) is 114 Å². The van der Waals surface area contributed by atoms with E-state index in [1.165, 1.54) is 62.5 Å². The van der Waals surface area contributed by atoms with Crippen LogP contribution in [-0.4, -0.2) is 6.21 Å². The highest BCUT2D eigenvalue weighted by Crippen LogP contribution is 2.44. The van der Waals surface area contributed by atoms with Crippen molar-refractivity contribution in [3.63, 3.8) is 0 Å². The van der Waals surface area contributed by atoms with Crippen molar-refractivity contribution in [1.82, 2.24) is 0 Å². The summed E-state index contributed by atoms with van der Waals surface area (Å²) in [5.41, 5.74) is 6.12. The van der Waals surface area contributed by atoms with Crippen LogP contribution in [0.4, 0.5) is 0 Å². The number of hydrogen-bond acceptors (Lipinski definition) is 1. The van der Waals surface area contributed by atoms with Crippen LogP contribution in [0.15, 0.2) is 41.0 Å². The van der Waals surface area contributed by atoms with E-state index in [2.05, 4.69) is 75.5 Å². The summed E-state index contributed by atoms with van der Waals surface area (Å²) in [6.45, 7) is 9.58. The Kier molecular flexibility index (Phi) is 7.51. The minimum atomic E-state index is 0.557. The average molecular weight is 418 g/mol. The van der Waals surface area contributed by atoms with E-state index in [0.29, 0.717) is 17.8 Å². The first-order valence-electron chi connectivity index (χ1n) is 13.1. The first-order chi connectivity index (χ1) is 15.1. The fraction of sp³-hybridized carbons (Fsp3) is 0.633. The Morgan fingerprint density at radius 3 is 2.68 bits per heavy atom. The van der Waals surface area contributed by atoms with Gasteiger partial charge in [0, 0.05) is 12.4 Å². The topological polar surface area (TPSA) is 12.4 Å². The van der Waals surface area contributed by atoms with Crippen LogP contribution in [0.25, 0.3) is 6.08 Å². The number of allylic oxidation sites excluding steroid dienone is 2. The second-order valence-electron chi connectivity index (χ2n) is 10.8. The monoisotopic (exact) mass is 417 g/mol. The molecule has 2 aliphatic carbocycles. The molecule has 1 aliphatic heterocycles. The SMILES string of the molecule is CCC[C@@H](C)C1CCCC(C(CC2=CN=CCC2C)c2ccc3c(c2)C(C)C=C3)CC1. The number of fused-ring (bicyclic) bond motifs is 1. The molecule has 1 heterocycles. The molecule has 1 aromatic carbocycles. The van der Waals surface area contributed by atoms with Crippen LogP contribution in [0.3, 0.4) is 0 Å². The fourth-order valence-corrected chi connectivity index (χ4v) is 6.45. The van der Waals surface area contributed by atoms with Gasteiger partial charge in [-0.25, -0.2) is 0 Å². The third-order valence-corrected chi connectivity index (χ3v) is 8.66. The minimum Gasteiger partial charge on any atom is -0.269 e. The van der Waals surface area contributed by atoms with Crippen molar-refractivity contribution in [2.75, 3.05) is 0 Å². The van der Waals surface area contributed by atoms with Gasteiger partial charge in [-0.05, 0) is 89.9 Å². The van der Waals surface area contributed by atoms with Gasteiger partial charge in [0.1, 0.15) is 0 Å². The lowest BCUT2D eigenvalue weighted by molar-refractivity contribution is 0.291. The zero-order valence-corrected chi connectivity index (χ0v) is 20.3. The Labute approximate surface area is 191 Å². The Hall–Kier alpha value is -1.63. The van der Waals surface area contributed by atoms with E-state index in [-0.39, 0.29) is 0 Å². The van der Waals surface area contributed by atoms with E-state index in [0.717, 1.165) is 24.2 Å². The molecule has 0 aromatic heterocycles. The van der Waals surface area contributed by atoms with Gasteiger partial charge in [0.05, 0.1) is 0 Å². The first-order valence-corrected chi connectivity index (χ1v) is 13.1. The maximum Gasteiger partial charge on any atom is 0.0258 e. The minimum absolute atomic E-state index is 0.557. The lowest BCUT2D eigenvalue weighted by atomic mass is 9.74. The third-order valence-electron chi connectivity index (χ3n) is 8.66. The van der Waals surface area contributed by atoms with Gasteiger partial charge in [-0.2, -0.15) is 0 Å². The molecule has 5 unspecified atom stereocenters. The van der Waals surface area contributed by atoms with E-state index >= 15 is 0 Å². The molecule has 6 atom stereocenters. The van der Waals surface area contributed by atoms with Gasteiger partial charge in [-0.15, -0.1) is 0 Å². The Balaban J connectivity index is 1.58. The summed E-state index contributed by atoms with van der Waals surface area (Å²) >= 11 is 0. The highest BCUT2D eigenvalue weighted by molar-refractivity contribution is 5.63. The number of aliphatic imine (C=N–C) groups is 1. The number of nitrogens with zero attached hydrogens (tertiary/aromatic N) is 1. The van der Waals surface area contributed by atoms with Gasteiger partial charge in [-0.3, -0.25) is 4.99 Å². The van der Waals surface area contributed by atoms with Crippen molar-refractivity contribution in [2.45, 2.75) is 97.3 Å². The second-order valence-corrected chi connectivity index (χ2v) is 10.8. The highest BCUT2D eigenvalue weighted by Gasteiger charge is 2.31. The molecule has 0 saturated heterocycles. The molecule has 168 valence electrons. The van der Waals surface area contributed by atoms with Crippen LogP contribution in [0.2, 0.25) is 0 Å². The van der Waals surface area contributed by atoms with Crippen molar-refractivity contribution in [1.29, 1.82) is 0 Å². The third kappa shape index (κ3) is 5.24. The maximum atomic E-state index is 4.55. The maximum absolute atomic E-state index is 4.55. The first kappa shape index (κ1) is 22.6. The van der Waals surface area contributed by atoms with Gasteiger partial charge < -0.3 is 0 Å². The Bertz CT molecular complexity index is 829. The van der Waals surface area contributed by atoms with E-state index in [4.69, 9.17) is 0 Å². The molecule has 0 amide bonds. The fourth-order valence-electron chi connectivity index (χ4n) is 6.45. The molecule has 1 aromatic rings. The molecule has 1 fully saturated rings. The van der Waals surface area contributed by atoms with Gasteiger partial charge in [0.2, 0.25) is 0 Å². The number of hydrogen-bond donors (Lipinski definition) is 0. The van der Waals surface area contributed by atoms with Crippen LogP contribution >= 0.6 is 0 Å². The largest absolute Gasteiger partial charge is 0.269 e. The predicted molar refractivity (Wildman–Crippen MR) is 136 cm³/mol. The molecule has 1 saturated carbocycles. The summed E-state index contributed by atoms with van der Waals surface area (Å²) in [5, 5.41) is 0. The van der Waals surface area contributed by atoms with Gasteiger partial charge >= 0.3 is 0 Å². The molecule has 4 rings (SSSR count). The van der Waals surface area contributed by atoms with Crippen LogP contribution in [0, 0.1) is 23.7 Å². The van der Waals surface area contributed by atoms with Crippen molar-refractivity contribution < 1.29 is 0 Å². The molecule has 3 aliphatic rings. The number of rotatable bonds is 7. The molecule has 1 nitrogen and oxygen atoms in total. The van der Waals surface area contributed by atoms with Crippen molar-refractivity contribution >= 4 is 12.3 Å². The van der Waals surface area contributed by atoms with Gasteiger partial charge in [-0.1, -0.05) is 83.7 Å². The smallest absolute Gasteiger partial charge is 0.0258 e. The second kappa shape index (κ2) is 10.3. The van der Waals surface area contributed by atoms with E-state index in [1.807, 2.05) is 0 Å². The number of benzene rings is 1. The zero-order valence-electron chi connectivity index (χ0n) is 20.3. The van der Waals surface area contributed by atoms with Gasteiger partial charge in [0.15, 0.2) is 0 Å². The van der Waals surface area contributed by atoms with Crippen LogP contribution in [0.5, 0.6) is 0 Å². The normalized spacial score (nSPS) is 29.9. The van der Waals surface area contributed by atoms with Crippen LogP contribution < -0.4 is 0 Å². The molecule has 0 radical (unpaired) electrons. The molecular weight excluding hydrogens is 374 g/mol. The standard InChI is InChI=1S/C30H43N/c1-5-7-21(2)24-8-6-9-25(13-12-24)30(19-28-20-31-17-16-22(28)3)27-15-14-26-11-10-23(4)29(26)18-27/h10-11,14-15,17-18,20-25,30H,5-9,12-13,16,19H2,1-4H3/t21-,22?,23?,24?,25?,30?/m1/s1. The lowest BCUT2D eigenvalue weighted by Gasteiger charge is -2.31. The van der Waals surface area contributed by atoms with Crippen LogP contribution in [-0.2, 0) is 0 Å². The average Bonchev–Trinajstić information content (AvgIpc) is 2.98. The van der Waals surface area contributed by atoms with E-state index in [9.17, 15) is 0 Å². The summed E-state index contributed by atoms with van der Waals surface area (Å²) in [6.07, 6.45) is 21.1. The summed E-state index contributed by atoms with van der Waals surface area (Å²) in [4.78, 5) is 4.55. The molecule has 31 heavy (non-hydrogen) atoms. The molecule has 0 N–H and O–H groups in total. The van der Waals surface area contributed by atoms with Crippen molar-refractivity contribution in [2.24, 2.45) is 28.7 Å². The molecule has 1 heteroatoms. The quantitative estimate of drug-likeness (QED) is 0.393. The Morgan fingerprint density at radius 1 is 1.06 bits per heavy atom. The van der Waals surface area contributed by atoms with Crippen molar-refractivity contribution in [3.8, 4) is 0 Å². The summed E-state index contributed by atoms with van der Waals surface area (Å²) in [6, 6.07) is 7.40. The predicted octanol–water partition coefficient (Wildman–Crippen LogP) is 8.92. The molecule has 0 spiro atoms. The molecule has 0 bridgehead atoms. The lowest BCUT2D eigenvalue weighted by Crippen LogP contribution is -2.17. The summed E-state index contributed by atoms with van der Waals surface area (Å²) in [7, 11) is 0. The zero-order chi connectivity index (χ0) is 21.8. The van der Waals surface area contributed by atoms with Crippen molar-refractivity contribution in [3.05, 3.63) is 52.7 Å².